The number of aryl methyl sites for hydroxylation is 2. The molecule has 0 bridgehead atoms. The molecule has 4 heteroatoms. The van der Waals surface area contributed by atoms with Crippen LogP contribution in [0.4, 0.5) is 0 Å². The van der Waals surface area contributed by atoms with E-state index in [0.29, 0.717) is 11.6 Å². The molecule has 1 aromatic carbocycles. The van der Waals surface area contributed by atoms with Gasteiger partial charge in [0.1, 0.15) is 23.4 Å². The van der Waals surface area contributed by atoms with Crippen LogP contribution in [0.3, 0.4) is 0 Å². The fourth-order valence-corrected chi connectivity index (χ4v) is 3.12. The molecule has 0 fully saturated rings. The second kappa shape index (κ2) is 4.83. The normalized spacial score (nSPS) is 15.1. The highest BCUT2D eigenvalue weighted by Gasteiger charge is 2.27. The van der Waals surface area contributed by atoms with Crippen LogP contribution in [-0.2, 0) is 6.42 Å². The number of aliphatic hydroxyl groups is 1. The highest BCUT2D eigenvalue weighted by molar-refractivity contribution is 6.30. The second-order valence-corrected chi connectivity index (χ2v) is 5.67. The molecule has 0 saturated carbocycles. The Hall–Kier alpha value is -1.45. The molecule has 1 aliphatic rings. The summed E-state index contributed by atoms with van der Waals surface area (Å²) in [6, 6.07) is 3.68. The van der Waals surface area contributed by atoms with E-state index in [1.807, 2.05) is 26.8 Å². The first kappa shape index (κ1) is 13.5. The Labute approximate surface area is 123 Å². The van der Waals surface area contributed by atoms with Gasteiger partial charge in [0, 0.05) is 22.6 Å². The van der Waals surface area contributed by atoms with Crippen LogP contribution in [0.1, 0.15) is 39.9 Å². The summed E-state index contributed by atoms with van der Waals surface area (Å²) < 4.78 is 11.3. The maximum absolute atomic E-state index is 10.8. The van der Waals surface area contributed by atoms with Crippen molar-refractivity contribution in [3.63, 3.8) is 0 Å². The third-order valence-corrected chi connectivity index (χ3v) is 4.18. The molecule has 0 saturated heterocycles. The molecule has 3 nitrogen and oxygen atoms in total. The molecule has 1 atom stereocenters. The van der Waals surface area contributed by atoms with Crippen LogP contribution in [0.5, 0.6) is 5.75 Å². The van der Waals surface area contributed by atoms with Crippen molar-refractivity contribution >= 4 is 11.6 Å². The lowest BCUT2D eigenvalue weighted by Gasteiger charge is -2.16. The fourth-order valence-electron chi connectivity index (χ4n) is 2.87. The summed E-state index contributed by atoms with van der Waals surface area (Å²) in [6.07, 6.45) is 0.0517. The van der Waals surface area contributed by atoms with Crippen LogP contribution in [0, 0.1) is 20.8 Å². The molecule has 2 heterocycles. The molecule has 0 spiro atoms. The number of rotatable bonds is 2. The number of aliphatic hydroxyl groups excluding tert-OH is 1. The predicted octanol–water partition coefficient (Wildman–Crippen LogP) is 3.87. The van der Waals surface area contributed by atoms with Gasteiger partial charge in [-0.3, -0.25) is 0 Å². The number of furan rings is 1. The largest absolute Gasteiger partial charge is 0.493 e. The maximum Gasteiger partial charge on any atom is 0.128 e. The Bertz CT molecular complexity index is 673. The highest BCUT2D eigenvalue weighted by Crippen LogP contribution is 2.40. The highest BCUT2D eigenvalue weighted by atomic mass is 35.5. The molecule has 2 aromatic rings. The van der Waals surface area contributed by atoms with Crippen molar-refractivity contribution in [3.8, 4) is 5.75 Å². The van der Waals surface area contributed by atoms with E-state index in [0.717, 1.165) is 45.9 Å². The minimum Gasteiger partial charge on any atom is -0.493 e. The molecule has 0 radical (unpaired) electrons. The van der Waals surface area contributed by atoms with Gasteiger partial charge in [0.25, 0.3) is 0 Å². The number of ether oxygens (including phenoxy) is 1. The van der Waals surface area contributed by atoms with E-state index in [-0.39, 0.29) is 0 Å². The zero-order valence-corrected chi connectivity index (χ0v) is 12.5. The standard InChI is InChI=1S/C16H17ClO3/c1-8-9(2)20-10(3)14(8)15(18)13-7-12(17)6-11-4-5-19-16(11)13/h6-7,15,18H,4-5H2,1-3H3. The minimum atomic E-state index is -0.780. The van der Waals surface area contributed by atoms with Gasteiger partial charge >= 0.3 is 0 Å². The van der Waals surface area contributed by atoms with Gasteiger partial charge in [0.15, 0.2) is 0 Å². The van der Waals surface area contributed by atoms with E-state index in [1.54, 1.807) is 6.07 Å². The van der Waals surface area contributed by atoms with E-state index in [9.17, 15) is 5.11 Å². The number of hydrogen-bond donors (Lipinski definition) is 1. The van der Waals surface area contributed by atoms with Crippen LogP contribution < -0.4 is 4.74 Å². The molecule has 0 aliphatic carbocycles. The van der Waals surface area contributed by atoms with Gasteiger partial charge in [-0.15, -0.1) is 0 Å². The number of hydrogen-bond acceptors (Lipinski definition) is 3. The zero-order chi connectivity index (χ0) is 14.4. The van der Waals surface area contributed by atoms with Crippen molar-refractivity contribution in [2.45, 2.75) is 33.3 Å². The monoisotopic (exact) mass is 292 g/mol. The Balaban J connectivity index is 2.14. The van der Waals surface area contributed by atoms with E-state index >= 15 is 0 Å². The molecule has 1 N–H and O–H groups in total. The smallest absolute Gasteiger partial charge is 0.128 e. The lowest BCUT2D eigenvalue weighted by molar-refractivity contribution is 0.211. The van der Waals surface area contributed by atoms with Gasteiger partial charge in [0.2, 0.25) is 0 Å². The first-order valence-corrected chi connectivity index (χ1v) is 7.06. The lowest BCUT2D eigenvalue weighted by Crippen LogP contribution is -2.04. The minimum absolute atomic E-state index is 0.624. The number of halogens is 1. The van der Waals surface area contributed by atoms with Crippen LogP contribution in [0.15, 0.2) is 16.5 Å². The topological polar surface area (TPSA) is 42.6 Å². The quantitative estimate of drug-likeness (QED) is 0.913. The molecule has 20 heavy (non-hydrogen) atoms. The van der Waals surface area contributed by atoms with Gasteiger partial charge in [-0.25, -0.2) is 0 Å². The molecular weight excluding hydrogens is 276 g/mol. The van der Waals surface area contributed by atoms with Crippen LogP contribution >= 0.6 is 11.6 Å². The Morgan fingerprint density at radius 3 is 2.60 bits per heavy atom. The zero-order valence-electron chi connectivity index (χ0n) is 11.8. The maximum atomic E-state index is 10.8. The van der Waals surface area contributed by atoms with Crippen molar-refractivity contribution in [2.75, 3.05) is 6.61 Å². The third kappa shape index (κ3) is 2.02. The summed E-state index contributed by atoms with van der Waals surface area (Å²) in [5.74, 6) is 2.33. The number of benzene rings is 1. The van der Waals surface area contributed by atoms with Crippen LogP contribution in [-0.4, -0.2) is 11.7 Å². The molecule has 3 rings (SSSR count). The molecule has 0 amide bonds. The van der Waals surface area contributed by atoms with E-state index in [4.69, 9.17) is 20.8 Å². The first-order chi connectivity index (χ1) is 9.49. The van der Waals surface area contributed by atoms with Gasteiger partial charge in [-0.2, -0.15) is 0 Å². The molecule has 1 aromatic heterocycles. The Morgan fingerprint density at radius 1 is 1.20 bits per heavy atom. The molecule has 1 aliphatic heterocycles. The van der Waals surface area contributed by atoms with Crippen molar-refractivity contribution in [1.82, 2.24) is 0 Å². The van der Waals surface area contributed by atoms with Crippen molar-refractivity contribution in [3.05, 3.63) is 50.9 Å². The van der Waals surface area contributed by atoms with Gasteiger partial charge in [-0.05, 0) is 44.0 Å². The van der Waals surface area contributed by atoms with Gasteiger partial charge < -0.3 is 14.3 Å². The summed E-state index contributed by atoms with van der Waals surface area (Å²) >= 11 is 6.15. The van der Waals surface area contributed by atoms with Gasteiger partial charge in [-0.1, -0.05) is 11.6 Å². The lowest BCUT2D eigenvalue weighted by atomic mass is 9.95. The fraction of sp³-hybridized carbons (Fsp3) is 0.375. The average molecular weight is 293 g/mol. The summed E-state index contributed by atoms with van der Waals surface area (Å²) in [5, 5.41) is 11.4. The molecular formula is C16H17ClO3. The van der Waals surface area contributed by atoms with Crippen molar-refractivity contribution < 1.29 is 14.3 Å². The third-order valence-electron chi connectivity index (χ3n) is 3.96. The van der Waals surface area contributed by atoms with E-state index < -0.39 is 6.10 Å². The Kier molecular flexibility index (Phi) is 3.27. The van der Waals surface area contributed by atoms with Crippen molar-refractivity contribution in [1.29, 1.82) is 0 Å². The molecule has 1 unspecified atom stereocenters. The Morgan fingerprint density at radius 2 is 1.95 bits per heavy atom. The van der Waals surface area contributed by atoms with Crippen LogP contribution in [0.25, 0.3) is 0 Å². The summed E-state index contributed by atoms with van der Waals surface area (Å²) in [5.41, 5.74) is 3.56. The van der Waals surface area contributed by atoms with E-state index in [2.05, 4.69) is 0 Å². The van der Waals surface area contributed by atoms with Crippen molar-refractivity contribution in [2.24, 2.45) is 0 Å². The summed E-state index contributed by atoms with van der Waals surface area (Å²) in [6.45, 7) is 6.36. The SMILES string of the molecule is Cc1oc(C)c(C(O)c2cc(Cl)cc3c2OCC3)c1C. The summed E-state index contributed by atoms with van der Waals surface area (Å²) in [4.78, 5) is 0. The first-order valence-electron chi connectivity index (χ1n) is 6.68. The van der Waals surface area contributed by atoms with E-state index in [1.165, 1.54) is 0 Å². The second-order valence-electron chi connectivity index (χ2n) is 5.24. The number of fused-ring (bicyclic) bond motifs is 1. The van der Waals surface area contributed by atoms with Gasteiger partial charge in [0.05, 0.1) is 6.61 Å². The predicted molar refractivity (Wildman–Crippen MR) is 77.6 cm³/mol. The van der Waals surface area contributed by atoms with Crippen LogP contribution in [0.2, 0.25) is 5.02 Å². The average Bonchev–Trinajstić information content (AvgIpc) is 2.93. The summed E-state index contributed by atoms with van der Waals surface area (Å²) in [7, 11) is 0. The molecule has 106 valence electrons.